The van der Waals surface area contributed by atoms with Gasteiger partial charge in [0.1, 0.15) is 0 Å². The van der Waals surface area contributed by atoms with E-state index in [0.29, 0.717) is 19.6 Å². The lowest BCUT2D eigenvalue weighted by Gasteiger charge is -2.27. The Bertz CT molecular complexity index is 218. The van der Waals surface area contributed by atoms with E-state index in [9.17, 15) is 4.79 Å². The molecule has 1 aliphatic heterocycles. The highest BCUT2D eigenvalue weighted by Crippen LogP contribution is 2.04. The van der Waals surface area contributed by atoms with Crippen molar-refractivity contribution in [3.05, 3.63) is 0 Å². The Morgan fingerprint density at radius 1 is 1.53 bits per heavy atom. The van der Waals surface area contributed by atoms with Crippen LogP contribution in [0.15, 0.2) is 0 Å². The summed E-state index contributed by atoms with van der Waals surface area (Å²) >= 11 is 0. The second-order valence-corrected chi connectivity index (χ2v) is 4.39. The smallest absolute Gasteiger partial charge is 0.224 e. The average molecular weight is 244 g/mol. The summed E-state index contributed by atoms with van der Waals surface area (Å²) in [6.45, 7) is 5.44. The second kappa shape index (κ2) is 8.44. The van der Waals surface area contributed by atoms with E-state index in [0.717, 1.165) is 32.5 Å². The van der Waals surface area contributed by atoms with Gasteiger partial charge in [0.2, 0.25) is 5.91 Å². The molecule has 1 rings (SSSR count). The third-order valence-corrected chi connectivity index (χ3v) is 2.92. The van der Waals surface area contributed by atoms with Crippen molar-refractivity contribution in [3.8, 4) is 0 Å². The molecule has 100 valence electrons. The number of unbranched alkanes of at least 4 members (excludes halogenated alkanes) is 1. The Labute approximate surface area is 103 Å². The second-order valence-electron chi connectivity index (χ2n) is 4.39. The molecule has 1 heterocycles. The van der Waals surface area contributed by atoms with Crippen molar-refractivity contribution in [1.82, 2.24) is 10.2 Å². The maximum Gasteiger partial charge on any atom is 0.224 e. The summed E-state index contributed by atoms with van der Waals surface area (Å²) < 4.78 is 5.32. The summed E-state index contributed by atoms with van der Waals surface area (Å²) in [5.41, 5.74) is 0. The van der Waals surface area contributed by atoms with Crippen molar-refractivity contribution >= 4 is 5.91 Å². The zero-order valence-electron chi connectivity index (χ0n) is 10.7. The van der Waals surface area contributed by atoms with Gasteiger partial charge in [0, 0.05) is 32.1 Å². The first-order chi connectivity index (χ1) is 8.27. The molecule has 0 aromatic rings. The fourth-order valence-electron chi connectivity index (χ4n) is 1.92. The summed E-state index contributed by atoms with van der Waals surface area (Å²) in [5.74, 6) is 0.107. The summed E-state index contributed by atoms with van der Waals surface area (Å²) in [7, 11) is 0. The monoisotopic (exact) mass is 244 g/mol. The first-order valence-corrected chi connectivity index (χ1v) is 6.47. The molecule has 0 bridgehead atoms. The molecule has 0 aromatic heterocycles. The first kappa shape index (κ1) is 14.4. The largest absolute Gasteiger partial charge is 0.395 e. The maximum absolute atomic E-state index is 12.0. The topological polar surface area (TPSA) is 61.8 Å². The zero-order chi connectivity index (χ0) is 12.5. The number of aliphatic hydroxyl groups is 1. The number of aliphatic hydroxyl groups excluding tert-OH is 1. The number of amides is 1. The number of ether oxygens (including phenoxy) is 1. The highest BCUT2D eigenvalue weighted by atomic mass is 16.5. The van der Waals surface area contributed by atoms with E-state index in [4.69, 9.17) is 9.84 Å². The van der Waals surface area contributed by atoms with Gasteiger partial charge in [0.15, 0.2) is 0 Å². The van der Waals surface area contributed by atoms with Crippen LogP contribution in [0.3, 0.4) is 0 Å². The number of nitrogens with zero attached hydrogens (tertiary/aromatic N) is 1. The molecule has 0 aliphatic carbocycles. The Morgan fingerprint density at radius 3 is 2.94 bits per heavy atom. The molecule has 1 amide bonds. The van der Waals surface area contributed by atoms with Crippen LogP contribution in [0.5, 0.6) is 0 Å². The van der Waals surface area contributed by atoms with Crippen LogP contribution in [-0.4, -0.2) is 61.4 Å². The van der Waals surface area contributed by atoms with Crippen molar-refractivity contribution in [1.29, 1.82) is 0 Å². The lowest BCUT2D eigenvalue weighted by molar-refractivity contribution is -0.133. The molecule has 1 unspecified atom stereocenters. The molecule has 17 heavy (non-hydrogen) atoms. The highest BCUT2D eigenvalue weighted by molar-refractivity contribution is 5.76. The Hall–Kier alpha value is -0.650. The molecule has 1 fully saturated rings. The van der Waals surface area contributed by atoms with Crippen LogP contribution in [0.1, 0.15) is 26.2 Å². The molecule has 2 N–H and O–H groups in total. The predicted octanol–water partition coefficient (Wildman–Crippen LogP) is -0.0141. The van der Waals surface area contributed by atoms with Crippen LogP contribution in [0, 0.1) is 0 Å². The number of hydrogen-bond donors (Lipinski definition) is 2. The van der Waals surface area contributed by atoms with Crippen LogP contribution >= 0.6 is 0 Å². The van der Waals surface area contributed by atoms with Crippen molar-refractivity contribution in [3.63, 3.8) is 0 Å². The third-order valence-electron chi connectivity index (χ3n) is 2.92. The summed E-state index contributed by atoms with van der Waals surface area (Å²) in [4.78, 5) is 13.8. The summed E-state index contributed by atoms with van der Waals surface area (Å²) in [6, 6.07) is 0.124. The number of rotatable bonds is 7. The third kappa shape index (κ3) is 5.48. The number of morpholine rings is 1. The minimum Gasteiger partial charge on any atom is -0.395 e. The van der Waals surface area contributed by atoms with Crippen LogP contribution in [0.4, 0.5) is 0 Å². The summed E-state index contributed by atoms with van der Waals surface area (Å²) in [6.07, 6.45) is 2.50. The van der Waals surface area contributed by atoms with Gasteiger partial charge in [-0.05, 0) is 6.42 Å². The van der Waals surface area contributed by atoms with Gasteiger partial charge in [-0.15, -0.1) is 0 Å². The van der Waals surface area contributed by atoms with E-state index < -0.39 is 0 Å². The Balaban J connectivity index is 2.34. The van der Waals surface area contributed by atoms with E-state index in [1.807, 2.05) is 0 Å². The van der Waals surface area contributed by atoms with Gasteiger partial charge in [0.25, 0.3) is 0 Å². The van der Waals surface area contributed by atoms with Gasteiger partial charge in [-0.3, -0.25) is 4.79 Å². The van der Waals surface area contributed by atoms with Crippen molar-refractivity contribution < 1.29 is 14.6 Å². The lowest BCUT2D eigenvalue weighted by atomic mass is 10.1. The molecular weight excluding hydrogens is 220 g/mol. The van der Waals surface area contributed by atoms with Crippen molar-refractivity contribution in [2.45, 2.75) is 32.2 Å². The Morgan fingerprint density at radius 2 is 2.35 bits per heavy atom. The molecule has 0 spiro atoms. The van der Waals surface area contributed by atoms with Crippen LogP contribution in [0.25, 0.3) is 0 Å². The van der Waals surface area contributed by atoms with E-state index in [2.05, 4.69) is 12.2 Å². The van der Waals surface area contributed by atoms with E-state index >= 15 is 0 Å². The number of hydrogen-bond acceptors (Lipinski definition) is 4. The lowest BCUT2D eigenvalue weighted by Crippen LogP contribution is -2.45. The number of carbonyl (C=O) groups excluding carboxylic acids is 1. The van der Waals surface area contributed by atoms with E-state index in [1.54, 1.807) is 4.90 Å². The number of carbonyl (C=O) groups is 1. The fourth-order valence-corrected chi connectivity index (χ4v) is 1.92. The number of nitrogens with one attached hydrogen (secondary N) is 1. The van der Waals surface area contributed by atoms with Crippen LogP contribution in [0.2, 0.25) is 0 Å². The summed E-state index contributed by atoms with van der Waals surface area (Å²) in [5, 5.41) is 12.2. The molecule has 5 nitrogen and oxygen atoms in total. The fraction of sp³-hybridized carbons (Fsp3) is 0.917. The van der Waals surface area contributed by atoms with Crippen molar-refractivity contribution in [2.75, 3.05) is 39.5 Å². The van der Waals surface area contributed by atoms with Gasteiger partial charge < -0.3 is 20.1 Å². The van der Waals surface area contributed by atoms with E-state index in [-0.39, 0.29) is 18.6 Å². The molecule has 1 aliphatic rings. The average Bonchev–Trinajstić information content (AvgIpc) is 2.35. The van der Waals surface area contributed by atoms with E-state index in [1.165, 1.54) is 0 Å². The van der Waals surface area contributed by atoms with Crippen molar-refractivity contribution in [2.24, 2.45) is 0 Å². The molecular formula is C12H24N2O3. The minimum absolute atomic E-state index is 0.0318. The standard InChI is InChI=1S/C12H24N2O3/c1-2-3-5-14(6-7-15)12(16)9-11-10-17-8-4-13-11/h11,13,15H,2-10H2,1H3. The van der Waals surface area contributed by atoms with Crippen LogP contribution in [-0.2, 0) is 9.53 Å². The van der Waals surface area contributed by atoms with Gasteiger partial charge in [-0.1, -0.05) is 13.3 Å². The first-order valence-electron chi connectivity index (χ1n) is 6.47. The van der Waals surface area contributed by atoms with Crippen LogP contribution < -0.4 is 5.32 Å². The Kier molecular flexibility index (Phi) is 7.16. The predicted molar refractivity (Wildman–Crippen MR) is 65.8 cm³/mol. The molecule has 1 atom stereocenters. The normalized spacial score (nSPS) is 20.2. The molecule has 0 saturated carbocycles. The zero-order valence-corrected chi connectivity index (χ0v) is 10.7. The minimum atomic E-state index is 0.0318. The molecule has 1 saturated heterocycles. The van der Waals surface area contributed by atoms with Gasteiger partial charge in [0.05, 0.1) is 19.8 Å². The maximum atomic E-state index is 12.0. The van der Waals surface area contributed by atoms with Gasteiger partial charge >= 0.3 is 0 Å². The molecule has 5 heteroatoms. The van der Waals surface area contributed by atoms with Gasteiger partial charge in [-0.2, -0.15) is 0 Å². The van der Waals surface area contributed by atoms with Gasteiger partial charge in [-0.25, -0.2) is 0 Å². The molecule has 0 aromatic carbocycles. The SMILES string of the molecule is CCCCN(CCO)C(=O)CC1COCCN1. The quantitative estimate of drug-likeness (QED) is 0.661. The molecule has 0 radical (unpaired) electrons. The highest BCUT2D eigenvalue weighted by Gasteiger charge is 2.20.